The Morgan fingerprint density at radius 1 is 1.45 bits per heavy atom. The van der Waals surface area contributed by atoms with E-state index in [1.807, 2.05) is 0 Å². The highest BCUT2D eigenvalue weighted by molar-refractivity contribution is 6.01. The standard InChI is InChI=1S/C14H21N5O3/c1-10-8-11(13(15)12(9-10)19(21)22)14(20)17-4-7-18-5-2-16-3-6-18/h8-9,16H,2-7,15H2,1H3,(H,17,20). The van der Waals surface area contributed by atoms with Crippen LogP contribution in [0, 0.1) is 17.0 Å². The number of hydrogen-bond acceptors (Lipinski definition) is 6. The van der Waals surface area contributed by atoms with Crippen molar-refractivity contribution in [2.45, 2.75) is 6.92 Å². The molecule has 1 aliphatic heterocycles. The number of nitrogens with one attached hydrogen (secondary N) is 2. The summed E-state index contributed by atoms with van der Waals surface area (Å²) in [6, 6.07) is 2.94. The number of nitro groups is 1. The van der Waals surface area contributed by atoms with Gasteiger partial charge in [-0.3, -0.25) is 19.8 Å². The molecule has 0 aromatic heterocycles. The number of rotatable bonds is 5. The van der Waals surface area contributed by atoms with E-state index in [0.29, 0.717) is 12.1 Å². The number of hydrogen-bond donors (Lipinski definition) is 3. The van der Waals surface area contributed by atoms with Crippen molar-refractivity contribution >= 4 is 17.3 Å². The molecule has 2 rings (SSSR count). The van der Waals surface area contributed by atoms with E-state index in [9.17, 15) is 14.9 Å². The fourth-order valence-corrected chi connectivity index (χ4v) is 2.47. The second-order valence-corrected chi connectivity index (χ2v) is 5.35. The Balaban J connectivity index is 1.98. The topological polar surface area (TPSA) is 114 Å². The van der Waals surface area contributed by atoms with Crippen LogP contribution in [0.1, 0.15) is 15.9 Å². The number of nitro benzene ring substituents is 1. The van der Waals surface area contributed by atoms with Crippen molar-refractivity contribution in [3.8, 4) is 0 Å². The third-order valence-corrected chi connectivity index (χ3v) is 3.67. The van der Waals surface area contributed by atoms with Gasteiger partial charge in [0, 0.05) is 45.3 Å². The quantitative estimate of drug-likeness (QED) is 0.404. The van der Waals surface area contributed by atoms with Crippen LogP contribution in [0.5, 0.6) is 0 Å². The highest BCUT2D eigenvalue weighted by Gasteiger charge is 2.20. The number of nitrogens with two attached hydrogens (primary N) is 1. The summed E-state index contributed by atoms with van der Waals surface area (Å²) in [6.45, 7) is 6.74. The summed E-state index contributed by atoms with van der Waals surface area (Å²) >= 11 is 0. The molecule has 1 amide bonds. The van der Waals surface area contributed by atoms with Gasteiger partial charge in [0.05, 0.1) is 10.5 Å². The van der Waals surface area contributed by atoms with Crippen molar-refractivity contribution in [3.63, 3.8) is 0 Å². The zero-order valence-corrected chi connectivity index (χ0v) is 12.6. The molecular formula is C14H21N5O3. The van der Waals surface area contributed by atoms with Crippen molar-refractivity contribution in [3.05, 3.63) is 33.4 Å². The van der Waals surface area contributed by atoms with E-state index in [4.69, 9.17) is 5.73 Å². The Bertz CT molecular complexity index is 570. The molecular weight excluding hydrogens is 286 g/mol. The molecule has 0 saturated carbocycles. The SMILES string of the molecule is Cc1cc(C(=O)NCCN2CCNCC2)c(N)c([N+](=O)[O-])c1. The zero-order chi connectivity index (χ0) is 16.1. The van der Waals surface area contributed by atoms with Crippen LogP contribution in [0.25, 0.3) is 0 Å². The molecule has 0 atom stereocenters. The van der Waals surface area contributed by atoms with Crippen LogP contribution in [0.15, 0.2) is 12.1 Å². The molecule has 0 aliphatic carbocycles. The molecule has 1 saturated heterocycles. The molecule has 8 heteroatoms. The maximum absolute atomic E-state index is 12.2. The minimum Gasteiger partial charge on any atom is -0.393 e. The number of carbonyl (C=O) groups excluding carboxylic acids is 1. The molecule has 1 aliphatic rings. The number of anilines is 1. The highest BCUT2D eigenvalue weighted by atomic mass is 16.6. The number of nitrogen functional groups attached to an aromatic ring is 1. The van der Waals surface area contributed by atoms with Crippen molar-refractivity contribution < 1.29 is 9.72 Å². The number of aryl methyl sites for hydroxylation is 1. The molecule has 1 aromatic carbocycles. The first-order valence-corrected chi connectivity index (χ1v) is 7.25. The predicted octanol–water partition coefficient (Wildman–Crippen LogP) is 0.120. The summed E-state index contributed by atoms with van der Waals surface area (Å²) in [5.41, 5.74) is 6.22. The monoisotopic (exact) mass is 307 g/mol. The van der Waals surface area contributed by atoms with Crippen LogP contribution in [0.4, 0.5) is 11.4 Å². The largest absolute Gasteiger partial charge is 0.393 e. The number of amides is 1. The van der Waals surface area contributed by atoms with E-state index in [1.165, 1.54) is 6.07 Å². The fraction of sp³-hybridized carbons (Fsp3) is 0.500. The third-order valence-electron chi connectivity index (χ3n) is 3.67. The summed E-state index contributed by atoms with van der Waals surface area (Å²) in [5.74, 6) is -0.376. The lowest BCUT2D eigenvalue weighted by atomic mass is 10.1. The van der Waals surface area contributed by atoms with Crippen LogP contribution < -0.4 is 16.4 Å². The summed E-state index contributed by atoms with van der Waals surface area (Å²) in [5, 5.41) is 17.0. The average Bonchev–Trinajstić information content (AvgIpc) is 2.50. The van der Waals surface area contributed by atoms with E-state index >= 15 is 0 Å². The second kappa shape index (κ2) is 7.19. The Hall–Kier alpha value is -2.19. The predicted molar refractivity (Wildman–Crippen MR) is 83.9 cm³/mol. The van der Waals surface area contributed by atoms with Gasteiger partial charge < -0.3 is 16.4 Å². The van der Waals surface area contributed by atoms with Gasteiger partial charge in [-0.05, 0) is 18.6 Å². The van der Waals surface area contributed by atoms with Crippen molar-refractivity contribution in [1.82, 2.24) is 15.5 Å². The average molecular weight is 307 g/mol. The van der Waals surface area contributed by atoms with Gasteiger partial charge in [0.25, 0.3) is 11.6 Å². The third kappa shape index (κ3) is 3.92. The molecule has 1 heterocycles. The summed E-state index contributed by atoms with van der Waals surface area (Å²) in [7, 11) is 0. The lowest BCUT2D eigenvalue weighted by molar-refractivity contribution is -0.384. The molecule has 0 bridgehead atoms. The number of benzene rings is 1. The Morgan fingerprint density at radius 2 is 2.14 bits per heavy atom. The molecule has 4 N–H and O–H groups in total. The van der Waals surface area contributed by atoms with Crippen LogP contribution in [-0.2, 0) is 0 Å². The van der Waals surface area contributed by atoms with E-state index in [0.717, 1.165) is 32.7 Å². The minimum absolute atomic E-state index is 0.0877. The maximum Gasteiger partial charge on any atom is 0.293 e. The van der Waals surface area contributed by atoms with Gasteiger partial charge in [-0.1, -0.05) is 0 Å². The normalized spacial score (nSPS) is 15.5. The van der Waals surface area contributed by atoms with Gasteiger partial charge >= 0.3 is 0 Å². The lowest BCUT2D eigenvalue weighted by Gasteiger charge is -2.27. The smallest absolute Gasteiger partial charge is 0.293 e. The molecule has 1 fully saturated rings. The van der Waals surface area contributed by atoms with E-state index in [2.05, 4.69) is 15.5 Å². The number of nitrogens with zero attached hydrogens (tertiary/aromatic N) is 2. The Morgan fingerprint density at radius 3 is 2.77 bits per heavy atom. The Labute approximate surface area is 128 Å². The second-order valence-electron chi connectivity index (χ2n) is 5.35. The van der Waals surface area contributed by atoms with Gasteiger partial charge in [-0.2, -0.15) is 0 Å². The van der Waals surface area contributed by atoms with Crippen LogP contribution in [0.3, 0.4) is 0 Å². The van der Waals surface area contributed by atoms with Crippen LogP contribution in [-0.4, -0.2) is 55.0 Å². The first-order valence-electron chi connectivity index (χ1n) is 7.25. The lowest BCUT2D eigenvalue weighted by Crippen LogP contribution is -2.46. The van der Waals surface area contributed by atoms with E-state index in [1.54, 1.807) is 13.0 Å². The molecule has 120 valence electrons. The summed E-state index contributed by atoms with van der Waals surface area (Å²) in [4.78, 5) is 24.8. The van der Waals surface area contributed by atoms with Gasteiger partial charge in [0.15, 0.2) is 0 Å². The summed E-state index contributed by atoms with van der Waals surface area (Å²) in [6.07, 6.45) is 0. The Kier molecular flexibility index (Phi) is 5.29. The van der Waals surface area contributed by atoms with Gasteiger partial charge in [-0.15, -0.1) is 0 Å². The van der Waals surface area contributed by atoms with Crippen molar-refractivity contribution in [1.29, 1.82) is 0 Å². The molecule has 0 unspecified atom stereocenters. The van der Waals surface area contributed by atoms with E-state index < -0.39 is 4.92 Å². The molecule has 22 heavy (non-hydrogen) atoms. The minimum atomic E-state index is -0.570. The summed E-state index contributed by atoms with van der Waals surface area (Å²) < 4.78 is 0. The van der Waals surface area contributed by atoms with Gasteiger partial charge in [0.1, 0.15) is 5.69 Å². The van der Waals surface area contributed by atoms with Crippen molar-refractivity contribution in [2.75, 3.05) is 45.0 Å². The van der Waals surface area contributed by atoms with Gasteiger partial charge in [0.2, 0.25) is 0 Å². The number of piperazine rings is 1. The first-order chi connectivity index (χ1) is 10.5. The van der Waals surface area contributed by atoms with Gasteiger partial charge in [-0.25, -0.2) is 0 Å². The molecule has 1 aromatic rings. The molecule has 0 spiro atoms. The molecule has 8 nitrogen and oxygen atoms in total. The zero-order valence-electron chi connectivity index (χ0n) is 12.6. The van der Waals surface area contributed by atoms with E-state index in [-0.39, 0.29) is 22.8 Å². The molecule has 0 radical (unpaired) electrons. The number of carbonyl (C=O) groups is 1. The highest BCUT2D eigenvalue weighted by Crippen LogP contribution is 2.26. The van der Waals surface area contributed by atoms with Crippen LogP contribution >= 0.6 is 0 Å². The maximum atomic E-state index is 12.2. The first kappa shape index (κ1) is 16.2. The fourth-order valence-electron chi connectivity index (χ4n) is 2.47. The van der Waals surface area contributed by atoms with Crippen molar-refractivity contribution in [2.24, 2.45) is 0 Å². The van der Waals surface area contributed by atoms with Crippen LogP contribution in [0.2, 0.25) is 0 Å².